The van der Waals surface area contributed by atoms with E-state index in [1.165, 1.54) is 16.2 Å². The number of Topliss-reactive ketones (excluding diaryl/α,β-unsaturated/α-hetero) is 1. The van der Waals surface area contributed by atoms with Crippen molar-refractivity contribution in [2.45, 2.75) is 39.0 Å². The molecule has 45 heavy (non-hydrogen) atoms. The van der Waals surface area contributed by atoms with Gasteiger partial charge in [-0.3, -0.25) is 14.5 Å². The third kappa shape index (κ3) is 5.40. The van der Waals surface area contributed by atoms with Crippen LogP contribution >= 0.6 is 11.3 Å². The number of benzene rings is 4. The highest BCUT2D eigenvalue weighted by Crippen LogP contribution is 2.45. The molecule has 0 radical (unpaired) electrons. The lowest BCUT2D eigenvalue weighted by Crippen LogP contribution is -2.29. The van der Waals surface area contributed by atoms with Crippen molar-refractivity contribution >= 4 is 44.1 Å². The molecule has 1 fully saturated rings. The fourth-order valence-corrected chi connectivity index (χ4v) is 6.83. The highest BCUT2D eigenvalue weighted by Gasteiger charge is 2.48. The smallest absolute Gasteiger partial charge is 0.301 e. The molecule has 226 valence electrons. The first-order valence-electron chi connectivity index (χ1n) is 14.8. The number of aliphatic hydroxyl groups is 1. The Morgan fingerprint density at radius 1 is 0.978 bits per heavy atom. The summed E-state index contributed by atoms with van der Waals surface area (Å²) in [6.07, 6.45) is 0.710. The number of fused-ring (bicyclic) bond motifs is 2. The largest absolute Gasteiger partial charge is 0.507 e. The lowest BCUT2D eigenvalue weighted by atomic mass is 9.94. The number of rotatable bonds is 8. The van der Waals surface area contributed by atoms with Crippen molar-refractivity contribution in [1.29, 1.82) is 0 Å². The summed E-state index contributed by atoms with van der Waals surface area (Å²) >= 11 is 1.29. The van der Waals surface area contributed by atoms with Gasteiger partial charge >= 0.3 is 5.91 Å². The first-order valence-corrected chi connectivity index (χ1v) is 15.6. The van der Waals surface area contributed by atoms with Crippen LogP contribution in [-0.4, -0.2) is 34.5 Å². The van der Waals surface area contributed by atoms with Gasteiger partial charge in [0.2, 0.25) is 0 Å². The fraction of sp³-hybridized carbons (Fsp3) is 0.194. The van der Waals surface area contributed by atoms with Crippen LogP contribution in [0.25, 0.3) is 16.0 Å². The molecule has 0 unspecified atom stereocenters. The van der Waals surface area contributed by atoms with E-state index in [4.69, 9.17) is 19.2 Å². The first-order chi connectivity index (χ1) is 21.9. The Labute approximate surface area is 264 Å². The number of hydrogen-bond acceptors (Lipinski definition) is 8. The van der Waals surface area contributed by atoms with Gasteiger partial charge in [-0.15, -0.1) is 0 Å². The third-order valence-electron chi connectivity index (χ3n) is 7.92. The molecular weight excluding hydrogens is 588 g/mol. The summed E-state index contributed by atoms with van der Waals surface area (Å²) in [5.41, 5.74) is 3.73. The van der Waals surface area contributed by atoms with E-state index in [0.717, 1.165) is 21.6 Å². The maximum absolute atomic E-state index is 13.8. The Kier molecular flexibility index (Phi) is 7.47. The number of ether oxygens (including phenoxy) is 3. The van der Waals surface area contributed by atoms with Gasteiger partial charge in [0.05, 0.1) is 28.4 Å². The van der Waals surface area contributed by atoms with Crippen LogP contribution in [0.4, 0.5) is 5.13 Å². The number of aromatic nitrogens is 1. The predicted octanol–water partition coefficient (Wildman–Crippen LogP) is 7.22. The Morgan fingerprint density at radius 2 is 1.76 bits per heavy atom. The summed E-state index contributed by atoms with van der Waals surface area (Å²) in [6.45, 7) is 4.81. The van der Waals surface area contributed by atoms with Crippen molar-refractivity contribution < 1.29 is 28.9 Å². The topological polar surface area (TPSA) is 98.2 Å². The van der Waals surface area contributed by atoms with Crippen LogP contribution in [0.15, 0.2) is 96.6 Å². The Morgan fingerprint density at radius 3 is 2.53 bits per heavy atom. The van der Waals surface area contributed by atoms with Crippen LogP contribution in [-0.2, 0) is 22.6 Å². The van der Waals surface area contributed by atoms with Crippen molar-refractivity contribution in [3.8, 4) is 17.2 Å². The van der Waals surface area contributed by atoms with Crippen molar-refractivity contribution in [1.82, 2.24) is 4.98 Å². The van der Waals surface area contributed by atoms with Crippen LogP contribution in [0.2, 0.25) is 0 Å². The molecule has 0 aliphatic carbocycles. The van der Waals surface area contributed by atoms with Gasteiger partial charge in [0.25, 0.3) is 5.78 Å². The summed E-state index contributed by atoms with van der Waals surface area (Å²) < 4.78 is 18.3. The zero-order valence-corrected chi connectivity index (χ0v) is 25.5. The number of ketones is 1. The zero-order valence-electron chi connectivity index (χ0n) is 24.7. The van der Waals surface area contributed by atoms with Gasteiger partial charge in [0.1, 0.15) is 35.7 Å². The number of nitrogens with zero attached hydrogens (tertiary/aromatic N) is 2. The van der Waals surface area contributed by atoms with Crippen LogP contribution < -0.4 is 19.1 Å². The number of carbonyl (C=O) groups is 2. The van der Waals surface area contributed by atoms with E-state index in [-0.39, 0.29) is 17.4 Å². The van der Waals surface area contributed by atoms with E-state index < -0.39 is 17.7 Å². The van der Waals surface area contributed by atoms with Crippen molar-refractivity contribution in [3.63, 3.8) is 0 Å². The molecule has 7 rings (SSSR count). The van der Waals surface area contributed by atoms with Crippen LogP contribution in [0.5, 0.6) is 17.2 Å². The summed E-state index contributed by atoms with van der Waals surface area (Å²) in [5.74, 6) is 0.306. The molecule has 0 spiro atoms. The Balaban J connectivity index is 1.30. The van der Waals surface area contributed by atoms with Gasteiger partial charge < -0.3 is 19.3 Å². The van der Waals surface area contributed by atoms with E-state index in [1.54, 1.807) is 24.3 Å². The molecule has 1 saturated heterocycles. The van der Waals surface area contributed by atoms with Crippen molar-refractivity contribution in [2.75, 3.05) is 11.5 Å². The molecule has 2 aliphatic rings. The summed E-state index contributed by atoms with van der Waals surface area (Å²) in [4.78, 5) is 33.6. The molecule has 2 atom stereocenters. The SMILES string of the molecule is CCOc1ccc2nc(N3C(=O)C(=O)C(=C(O)c4ccc5c(c4)C[C@@H](C)O5)[C@H]3c3ccc(OCc4ccccc4)cc3)sc2c1. The molecular formula is C36H30N2O6S. The van der Waals surface area contributed by atoms with E-state index in [0.29, 0.717) is 52.9 Å². The van der Waals surface area contributed by atoms with E-state index >= 15 is 0 Å². The molecule has 1 aromatic heterocycles. The van der Waals surface area contributed by atoms with E-state index in [1.807, 2.05) is 80.6 Å². The maximum Gasteiger partial charge on any atom is 0.301 e. The quantitative estimate of drug-likeness (QED) is 0.111. The average Bonchev–Trinajstić information content (AvgIpc) is 3.72. The molecule has 0 saturated carbocycles. The average molecular weight is 619 g/mol. The number of aliphatic hydroxyl groups excluding tert-OH is 1. The molecule has 9 heteroatoms. The summed E-state index contributed by atoms with van der Waals surface area (Å²) in [7, 11) is 0. The monoisotopic (exact) mass is 618 g/mol. The molecule has 1 N–H and O–H groups in total. The van der Waals surface area contributed by atoms with Crippen molar-refractivity contribution in [3.05, 3.63) is 119 Å². The summed E-state index contributed by atoms with van der Waals surface area (Å²) in [5, 5.41) is 12.0. The number of anilines is 1. The number of thiazole rings is 1. The zero-order chi connectivity index (χ0) is 31.1. The third-order valence-corrected chi connectivity index (χ3v) is 8.94. The number of carbonyl (C=O) groups excluding carboxylic acids is 2. The first kappa shape index (κ1) is 28.6. The Hall–Kier alpha value is -5.15. The minimum Gasteiger partial charge on any atom is -0.507 e. The van der Waals surface area contributed by atoms with E-state index in [9.17, 15) is 14.7 Å². The van der Waals surface area contributed by atoms with E-state index in [2.05, 4.69) is 0 Å². The minimum atomic E-state index is -0.913. The second kappa shape index (κ2) is 11.7. The second-order valence-electron chi connectivity index (χ2n) is 11.0. The molecule has 1 amide bonds. The standard InChI is InChI=1S/C36H30N2O6S/c1-3-42-27-14-15-28-30(19-27)45-36(37-28)38-32(23-9-12-26(13-10-23)43-20-22-7-5-4-6-8-22)31(34(40)35(38)41)33(39)24-11-16-29-25(18-24)17-21(2)44-29/h4-16,18-19,21,32,39H,3,17,20H2,1-2H3/t21-,32-/m1/s1. The molecule has 2 aliphatic heterocycles. The van der Waals surface area contributed by atoms with Gasteiger partial charge in [-0.05, 0) is 79.1 Å². The van der Waals surface area contributed by atoms with Crippen LogP contribution in [0, 0.1) is 0 Å². The minimum absolute atomic E-state index is 0.000806. The molecule has 5 aromatic rings. The fourth-order valence-electron chi connectivity index (χ4n) is 5.81. The van der Waals surface area contributed by atoms with Gasteiger partial charge in [-0.25, -0.2) is 4.98 Å². The lowest BCUT2D eigenvalue weighted by molar-refractivity contribution is -0.132. The molecule has 3 heterocycles. The van der Waals surface area contributed by atoms with Crippen molar-refractivity contribution in [2.24, 2.45) is 0 Å². The van der Waals surface area contributed by atoms with Crippen LogP contribution in [0.3, 0.4) is 0 Å². The highest BCUT2D eigenvalue weighted by atomic mass is 32.1. The number of hydrogen-bond donors (Lipinski definition) is 1. The lowest BCUT2D eigenvalue weighted by Gasteiger charge is -2.23. The second-order valence-corrected chi connectivity index (χ2v) is 12.0. The highest BCUT2D eigenvalue weighted by molar-refractivity contribution is 7.22. The van der Waals surface area contributed by atoms with Gasteiger partial charge in [0, 0.05) is 12.0 Å². The summed E-state index contributed by atoms with van der Waals surface area (Å²) in [6, 6.07) is 27.0. The van der Waals surface area contributed by atoms with Gasteiger partial charge in [0.15, 0.2) is 5.13 Å². The maximum atomic E-state index is 13.8. The Bertz CT molecular complexity index is 1950. The molecule has 0 bridgehead atoms. The predicted molar refractivity (Wildman–Crippen MR) is 173 cm³/mol. The van der Waals surface area contributed by atoms with Gasteiger partial charge in [-0.1, -0.05) is 53.8 Å². The number of amides is 1. The molecule has 4 aromatic carbocycles. The van der Waals surface area contributed by atoms with Gasteiger partial charge in [-0.2, -0.15) is 0 Å². The normalized spacial score (nSPS) is 18.7. The molecule has 8 nitrogen and oxygen atoms in total. The van der Waals surface area contributed by atoms with Crippen LogP contribution in [0.1, 0.15) is 42.1 Å².